The second-order valence-electron chi connectivity index (χ2n) is 8.58. The van der Waals surface area contributed by atoms with E-state index in [-0.39, 0.29) is 0 Å². The highest BCUT2D eigenvalue weighted by Crippen LogP contribution is 2.17. The molecule has 0 saturated carbocycles. The van der Waals surface area contributed by atoms with Crippen LogP contribution >= 0.6 is 0 Å². The lowest BCUT2D eigenvalue weighted by molar-refractivity contribution is 0.212. The summed E-state index contributed by atoms with van der Waals surface area (Å²) in [5.74, 6) is 0.900. The number of benzene rings is 2. The van der Waals surface area contributed by atoms with Gasteiger partial charge in [-0.1, -0.05) is 48.6 Å². The van der Waals surface area contributed by atoms with Crippen molar-refractivity contribution in [2.45, 2.75) is 58.8 Å². The van der Waals surface area contributed by atoms with E-state index < -0.39 is 0 Å². The molecule has 0 aliphatic rings. The van der Waals surface area contributed by atoms with Crippen molar-refractivity contribution in [1.82, 2.24) is 9.80 Å². The molecule has 0 spiro atoms. The molecule has 3 heteroatoms. The Labute approximate surface area is 190 Å². The van der Waals surface area contributed by atoms with Crippen LogP contribution in [0.4, 0.5) is 0 Å². The molecule has 168 valence electrons. The molecule has 0 heterocycles. The van der Waals surface area contributed by atoms with Crippen LogP contribution in [-0.4, -0.2) is 42.1 Å². The van der Waals surface area contributed by atoms with Gasteiger partial charge in [0.2, 0.25) is 0 Å². The molecule has 1 unspecified atom stereocenters. The van der Waals surface area contributed by atoms with Crippen LogP contribution in [0.1, 0.15) is 43.9 Å². The molecule has 0 radical (unpaired) electrons. The number of hydrogen-bond acceptors (Lipinski definition) is 3. The summed E-state index contributed by atoms with van der Waals surface area (Å²) in [6.07, 6.45) is 6.19. The van der Waals surface area contributed by atoms with E-state index in [4.69, 9.17) is 4.74 Å². The van der Waals surface area contributed by atoms with Gasteiger partial charge in [-0.25, -0.2) is 0 Å². The van der Waals surface area contributed by atoms with Crippen LogP contribution in [0.2, 0.25) is 0 Å². The number of hydrogen-bond donors (Lipinski definition) is 0. The Hall–Kier alpha value is -2.36. The fourth-order valence-electron chi connectivity index (χ4n) is 3.76. The predicted octanol–water partition coefficient (Wildman–Crippen LogP) is 6.10. The van der Waals surface area contributed by atoms with E-state index in [0.29, 0.717) is 12.1 Å². The summed E-state index contributed by atoms with van der Waals surface area (Å²) in [5, 5.41) is 0. The highest BCUT2D eigenvalue weighted by molar-refractivity contribution is 5.27. The van der Waals surface area contributed by atoms with Gasteiger partial charge in [-0.3, -0.25) is 9.80 Å². The van der Waals surface area contributed by atoms with Crippen LogP contribution in [0.15, 0.2) is 73.8 Å². The lowest BCUT2D eigenvalue weighted by Gasteiger charge is -2.28. The SMILES string of the molecule is C=CCN(Cc1ccc(CCC(C)N(CC=C)Cc2ccc(OC)cc2)cc1)C(C)C. The Kier molecular flexibility index (Phi) is 10.6. The van der Waals surface area contributed by atoms with Gasteiger partial charge in [0.05, 0.1) is 7.11 Å². The van der Waals surface area contributed by atoms with Crippen LogP contribution < -0.4 is 4.74 Å². The molecule has 0 amide bonds. The first-order valence-electron chi connectivity index (χ1n) is 11.4. The Morgan fingerprint density at radius 2 is 1.26 bits per heavy atom. The number of aryl methyl sites for hydroxylation is 1. The van der Waals surface area contributed by atoms with Gasteiger partial charge in [-0.15, -0.1) is 13.2 Å². The van der Waals surface area contributed by atoms with E-state index >= 15 is 0 Å². The molecule has 2 aromatic carbocycles. The quantitative estimate of drug-likeness (QED) is 0.343. The summed E-state index contributed by atoms with van der Waals surface area (Å²) in [7, 11) is 1.70. The van der Waals surface area contributed by atoms with Crippen LogP contribution in [-0.2, 0) is 19.5 Å². The molecule has 1 atom stereocenters. The van der Waals surface area contributed by atoms with Crippen molar-refractivity contribution in [3.63, 3.8) is 0 Å². The zero-order chi connectivity index (χ0) is 22.6. The highest BCUT2D eigenvalue weighted by atomic mass is 16.5. The van der Waals surface area contributed by atoms with Gasteiger partial charge >= 0.3 is 0 Å². The largest absolute Gasteiger partial charge is 0.497 e. The summed E-state index contributed by atoms with van der Waals surface area (Å²) in [6.45, 7) is 18.3. The molecule has 2 rings (SSSR count). The molecule has 0 aliphatic carbocycles. The van der Waals surface area contributed by atoms with E-state index in [1.165, 1.54) is 16.7 Å². The van der Waals surface area contributed by atoms with Crippen molar-refractivity contribution in [3.05, 3.63) is 90.5 Å². The summed E-state index contributed by atoms with van der Waals surface area (Å²) in [4.78, 5) is 4.91. The Morgan fingerprint density at radius 3 is 1.77 bits per heavy atom. The van der Waals surface area contributed by atoms with E-state index in [2.05, 4.69) is 80.1 Å². The van der Waals surface area contributed by atoms with Gasteiger partial charge in [0.1, 0.15) is 5.75 Å². The van der Waals surface area contributed by atoms with Crippen molar-refractivity contribution >= 4 is 0 Å². The molecule has 0 bridgehead atoms. The maximum atomic E-state index is 5.27. The number of ether oxygens (including phenoxy) is 1. The lowest BCUT2D eigenvalue weighted by atomic mass is 10.0. The van der Waals surface area contributed by atoms with Crippen molar-refractivity contribution in [2.75, 3.05) is 20.2 Å². The third-order valence-electron chi connectivity index (χ3n) is 5.89. The van der Waals surface area contributed by atoms with Crippen LogP contribution in [0, 0.1) is 0 Å². The molecule has 2 aromatic rings. The van der Waals surface area contributed by atoms with Gasteiger partial charge in [0, 0.05) is 38.3 Å². The summed E-state index contributed by atoms with van der Waals surface area (Å²) in [5.41, 5.74) is 4.06. The minimum Gasteiger partial charge on any atom is -0.497 e. The summed E-state index contributed by atoms with van der Waals surface area (Å²) < 4.78 is 5.27. The van der Waals surface area contributed by atoms with Gasteiger partial charge in [0.25, 0.3) is 0 Å². The first-order valence-corrected chi connectivity index (χ1v) is 11.4. The Bertz CT molecular complexity index is 780. The van der Waals surface area contributed by atoms with Gasteiger partial charge in [-0.05, 0) is 62.4 Å². The Balaban J connectivity index is 1.91. The minimum atomic E-state index is 0.476. The smallest absolute Gasteiger partial charge is 0.118 e. The van der Waals surface area contributed by atoms with E-state index in [0.717, 1.165) is 44.8 Å². The Morgan fingerprint density at radius 1 is 0.774 bits per heavy atom. The standard InChI is InChI=1S/C28H40N2O/c1-7-19-29(23(3)4)21-26-13-11-25(12-14-26)10-9-24(5)30(20-8-2)22-27-15-17-28(31-6)18-16-27/h7-8,11-18,23-24H,1-2,9-10,19-22H2,3-6H3. The molecule has 0 aromatic heterocycles. The van der Waals surface area contributed by atoms with Gasteiger partial charge in [0.15, 0.2) is 0 Å². The first-order chi connectivity index (χ1) is 15.0. The topological polar surface area (TPSA) is 15.7 Å². The second kappa shape index (κ2) is 13.1. The number of methoxy groups -OCH3 is 1. The van der Waals surface area contributed by atoms with Gasteiger partial charge < -0.3 is 4.74 Å². The maximum absolute atomic E-state index is 5.27. The van der Waals surface area contributed by atoms with Crippen LogP contribution in [0.5, 0.6) is 5.75 Å². The zero-order valence-electron chi connectivity index (χ0n) is 19.9. The summed E-state index contributed by atoms with van der Waals surface area (Å²) >= 11 is 0. The van der Waals surface area contributed by atoms with Crippen molar-refractivity contribution in [1.29, 1.82) is 0 Å². The average molecular weight is 421 g/mol. The molecule has 0 saturated heterocycles. The highest BCUT2D eigenvalue weighted by Gasteiger charge is 2.14. The second-order valence-corrected chi connectivity index (χ2v) is 8.58. The molecular weight excluding hydrogens is 380 g/mol. The average Bonchev–Trinajstić information content (AvgIpc) is 2.78. The van der Waals surface area contributed by atoms with Crippen molar-refractivity contribution < 1.29 is 4.74 Å². The fourth-order valence-corrected chi connectivity index (χ4v) is 3.76. The first kappa shape index (κ1) is 24.9. The molecular formula is C28H40N2O. The normalized spacial score (nSPS) is 12.4. The molecule has 0 aliphatic heterocycles. The van der Waals surface area contributed by atoms with Gasteiger partial charge in [-0.2, -0.15) is 0 Å². The van der Waals surface area contributed by atoms with Crippen LogP contribution in [0.25, 0.3) is 0 Å². The number of nitrogens with zero attached hydrogens (tertiary/aromatic N) is 2. The maximum Gasteiger partial charge on any atom is 0.118 e. The summed E-state index contributed by atoms with van der Waals surface area (Å²) in [6, 6.07) is 18.5. The van der Waals surface area contributed by atoms with E-state index in [1.54, 1.807) is 7.11 Å². The molecule has 0 N–H and O–H groups in total. The van der Waals surface area contributed by atoms with Crippen LogP contribution in [0.3, 0.4) is 0 Å². The van der Waals surface area contributed by atoms with Crippen molar-refractivity contribution in [3.8, 4) is 5.75 Å². The zero-order valence-corrected chi connectivity index (χ0v) is 19.9. The van der Waals surface area contributed by atoms with E-state index in [1.807, 2.05) is 24.3 Å². The third-order valence-corrected chi connectivity index (χ3v) is 5.89. The molecule has 3 nitrogen and oxygen atoms in total. The van der Waals surface area contributed by atoms with E-state index in [9.17, 15) is 0 Å². The third kappa shape index (κ3) is 8.35. The lowest BCUT2D eigenvalue weighted by Crippen LogP contribution is -2.33. The minimum absolute atomic E-state index is 0.476. The van der Waals surface area contributed by atoms with Crippen molar-refractivity contribution in [2.24, 2.45) is 0 Å². The molecule has 0 fully saturated rings. The fraction of sp³-hybridized carbons (Fsp3) is 0.429. The number of rotatable bonds is 14. The monoisotopic (exact) mass is 420 g/mol. The predicted molar refractivity (Wildman–Crippen MR) is 134 cm³/mol. The molecule has 31 heavy (non-hydrogen) atoms.